The molecule has 0 N–H and O–H groups in total. The van der Waals surface area contributed by atoms with Crippen molar-refractivity contribution < 1.29 is 13.9 Å². The van der Waals surface area contributed by atoms with Gasteiger partial charge in [0.1, 0.15) is 11.6 Å². The van der Waals surface area contributed by atoms with Gasteiger partial charge in [0.15, 0.2) is 0 Å². The van der Waals surface area contributed by atoms with Gasteiger partial charge in [-0.2, -0.15) is 0 Å². The van der Waals surface area contributed by atoms with E-state index in [0.29, 0.717) is 37.6 Å². The van der Waals surface area contributed by atoms with Crippen molar-refractivity contribution in [1.82, 2.24) is 9.88 Å². The lowest BCUT2D eigenvalue weighted by atomic mass is 9.87. The zero-order valence-electron chi connectivity index (χ0n) is 14.5. The monoisotopic (exact) mass is 341 g/mol. The Morgan fingerprint density at radius 2 is 2.16 bits per heavy atom. The fraction of sp³-hybridized carbons (Fsp3) is 0.474. The number of nitrogens with zero attached hydrogens (tertiary/aromatic N) is 3. The molecule has 1 amide bonds. The van der Waals surface area contributed by atoms with Crippen molar-refractivity contribution in [1.29, 1.82) is 0 Å². The van der Waals surface area contributed by atoms with Crippen LogP contribution in [0.5, 0.6) is 0 Å². The van der Waals surface area contributed by atoms with Crippen LogP contribution in [-0.4, -0.2) is 55.2 Å². The van der Waals surface area contributed by atoms with Crippen molar-refractivity contribution in [2.45, 2.75) is 13.3 Å². The molecule has 4 rings (SSSR count). The predicted octanol–water partition coefficient (Wildman–Crippen LogP) is 2.35. The molecule has 6 heteroatoms. The molecule has 4 heterocycles. The quantitative estimate of drug-likeness (QED) is 0.839. The first-order valence-corrected chi connectivity index (χ1v) is 8.74. The third-order valence-corrected chi connectivity index (χ3v) is 5.23. The summed E-state index contributed by atoms with van der Waals surface area (Å²) in [4.78, 5) is 21.6. The normalized spacial score (nSPS) is 23.9. The van der Waals surface area contributed by atoms with Gasteiger partial charge in [0, 0.05) is 37.8 Å². The minimum absolute atomic E-state index is 0.0346. The molecule has 2 aromatic heterocycles. The third kappa shape index (κ3) is 3.14. The van der Waals surface area contributed by atoms with Crippen molar-refractivity contribution in [2.24, 2.45) is 5.41 Å². The molecule has 1 spiro atoms. The van der Waals surface area contributed by atoms with Crippen molar-refractivity contribution >= 4 is 11.7 Å². The van der Waals surface area contributed by atoms with E-state index in [1.54, 1.807) is 12.3 Å². The summed E-state index contributed by atoms with van der Waals surface area (Å²) in [5, 5.41) is 0. The standard InChI is InChI=1S/C19H23N3O3/c1-15-16(5-10-25-15)18(23)22-9-11-24-14-19(13-22)6-8-21(12-19)17-4-2-3-7-20-17/h2-5,7,10H,6,8-9,11-14H2,1H3. The molecule has 0 aromatic carbocycles. The van der Waals surface area contributed by atoms with Crippen LogP contribution >= 0.6 is 0 Å². The summed E-state index contributed by atoms with van der Waals surface area (Å²) < 4.78 is 11.2. The molecule has 2 aliphatic rings. The lowest BCUT2D eigenvalue weighted by Gasteiger charge is -2.32. The van der Waals surface area contributed by atoms with Crippen LogP contribution in [0.4, 0.5) is 5.82 Å². The molecule has 0 radical (unpaired) electrons. The fourth-order valence-corrected chi connectivity index (χ4v) is 3.86. The van der Waals surface area contributed by atoms with Crippen molar-refractivity contribution in [2.75, 3.05) is 44.3 Å². The van der Waals surface area contributed by atoms with Crippen LogP contribution in [0.15, 0.2) is 41.1 Å². The first-order chi connectivity index (χ1) is 12.2. The molecule has 2 saturated heterocycles. The molecule has 2 aromatic rings. The van der Waals surface area contributed by atoms with E-state index >= 15 is 0 Å². The number of amides is 1. The van der Waals surface area contributed by atoms with Gasteiger partial charge in [0.2, 0.25) is 0 Å². The molecule has 0 saturated carbocycles. The number of carbonyl (C=O) groups is 1. The van der Waals surface area contributed by atoms with Gasteiger partial charge in [0.05, 0.1) is 25.0 Å². The SMILES string of the molecule is Cc1occc1C(=O)N1CCOCC2(CCN(c3ccccn3)C2)C1. The number of ether oxygens (including phenoxy) is 1. The number of pyridine rings is 1. The van der Waals surface area contributed by atoms with Gasteiger partial charge in [-0.3, -0.25) is 4.79 Å². The van der Waals surface area contributed by atoms with Gasteiger partial charge < -0.3 is 19.0 Å². The van der Waals surface area contributed by atoms with E-state index in [9.17, 15) is 4.79 Å². The number of hydrogen-bond donors (Lipinski definition) is 0. The summed E-state index contributed by atoms with van der Waals surface area (Å²) in [6.07, 6.45) is 4.39. The molecule has 2 aliphatic heterocycles. The Labute approximate surface area is 147 Å². The topological polar surface area (TPSA) is 58.8 Å². The molecule has 25 heavy (non-hydrogen) atoms. The highest BCUT2D eigenvalue weighted by molar-refractivity contribution is 5.95. The van der Waals surface area contributed by atoms with E-state index in [0.717, 1.165) is 25.3 Å². The second-order valence-corrected chi connectivity index (χ2v) is 7.03. The first-order valence-electron chi connectivity index (χ1n) is 8.74. The Bertz CT molecular complexity index is 745. The molecular formula is C19H23N3O3. The van der Waals surface area contributed by atoms with Crippen LogP contribution in [0.1, 0.15) is 22.5 Å². The average Bonchev–Trinajstić information content (AvgIpc) is 3.18. The van der Waals surface area contributed by atoms with E-state index in [1.807, 2.05) is 36.2 Å². The van der Waals surface area contributed by atoms with Gasteiger partial charge in [-0.1, -0.05) is 6.07 Å². The Morgan fingerprint density at radius 1 is 1.24 bits per heavy atom. The largest absolute Gasteiger partial charge is 0.469 e. The van der Waals surface area contributed by atoms with Gasteiger partial charge in [-0.15, -0.1) is 0 Å². The van der Waals surface area contributed by atoms with Crippen LogP contribution in [0.3, 0.4) is 0 Å². The molecule has 0 aliphatic carbocycles. The number of carbonyl (C=O) groups excluding carboxylic acids is 1. The molecule has 0 bridgehead atoms. The molecule has 1 atom stereocenters. The molecule has 132 valence electrons. The summed E-state index contributed by atoms with van der Waals surface area (Å²) in [6, 6.07) is 7.73. The average molecular weight is 341 g/mol. The first kappa shape index (κ1) is 16.1. The number of rotatable bonds is 2. The maximum Gasteiger partial charge on any atom is 0.257 e. The van der Waals surface area contributed by atoms with E-state index in [4.69, 9.17) is 9.15 Å². The Kier molecular flexibility index (Phi) is 4.21. The van der Waals surface area contributed by atoms with Crippen molar-refractivity contribution in [3.8, 4) is 0 Å². The maximum absolute atomic E-state index is 12.9. The number of furan rings is 1. The zero-order chi connectivity index (χ0) is 17.3. The highest BCUT2D eigenvalue weighted by atomic mass is 16.5. The second kappa shape index (κ2) is 6.52. The fourth-order valence-electron chi connectivity index (χ4n) is 3.86. The van der Waals surface area contributed by atoms with Gasteiger partial charge in [-0.05, 0) is 31.5 Å². The predicted molar refractivity (Wildman–Crippen MR) is 93.7 cm³/mol. The van der Waals surface area contributed by atoms with E-state index in [-0.39, 0.29) is 11.3 Å². The van der Waals surface area contributed by atoms with Crippen LogP contribution in [0, 0.1) is 12.3 Å². The highest BCUT2D eigenvalue weighted by Crippen LogP contribution is 2.35. The number of hydrogen-bond acceptors (Lipinski definition) is 5. The highest BCUT2D eigenvalue weighted by Gasteiger charge is 2.42. The summed E-state index contributed by atoms with van der Waals surface area (Å²) in [7, 11) is 0. The number of anilines is 1. The Hall–Kier alpha value is -2.34. The van der Waals surface area contributed by atoms with Gasteiger partial charge in [0.25, 0.3) is 5.91 Å². The Balaban J connectivity index is 1.52. The van der Waals surface area contributed by atoms with Gasteiger partial charge in [-0.25, -0.2) is 4.98 Å². The minimum atomic E-state index is -0.0404. The van der Waals surface area contributed by atoms with E-state index in [1.165, 1.54) is 0 Å². The summed E-state index contributed by atoms with van der Waals surface area (Å²) >= 11 is 0. The van der Waals surface area contributed by atoms with Crippen molar-refractivity contribution in [3.63, 3.8) is 0 Å². The van der Waals surface area contributed by atoms with Crippen LogP contribution in [0.25, 0.3) is 0 Å². The third-order valence-electron chi connectivity index (χ3n) is 5.23. The smallest absolute Gasteiger partial charge is 0.257 e. The Morgan fingerprint density at radius 3 is 2.92 bits per heavy atom. The summed E-state index contributed by atoms with van der Waals surface area (Å²) in [5.41, 5.74) is 0.609. The van der Waals surface area contributed by atoms with Gasteiger partial charge >= 0.3 is 0 Å². The number of aromatic nitrogens is 1. The van der Waals surface area contributed by atoms with E-state index in [2.05, 4.69) is 9.88 Å². The number of aryl methyl sites for hydroxylation is 1. The minimum Gasteiger partial charge on any atom is -0.469 e. The van der Waals surface area contributed by atoms with Crippen LogP contribution < -0.4 is 4.90 Å². The molecular weight excluding hydrogens is 318 g/mol. The van der Waals surface area contributed by atoms with E-state index < -0.39 is 0 Å². The summed E-state index contributed by atoms with van der Waals surface area (Å²) in [5.74, 6) is 1.70. The second-order valence-electron chi connectivity index (χ2n) is 7.03. The summed E-state index contributed by atoms with van der Waals surface area (Å²) in [6.45, 7) is 6.22. The maximum atomic E-state index is 12.9. The van der Waals surface area contributed by atoms with Crippen LogP contribution in [0.2, 0.25) is 0 Å². The van der Waals surface area contributed by atoms with Crippen LogP contribution in [-0.2, 0) is 4.74 Å². The van der Waals surface area contributed by atoms with Crippen molar-refractivity contribution in [3.05, 3.63) is 48.0 Å². The lowest BCUT2D eigenvalue weighted by Crippen LogP contribution is -2.43. The molecule has 1 unspecified atom stereocenters. The lowest BCUT2D eigenvalue weighted by molar-refractivity contribution is 0.0689. The molecule has 2 fully saturated rings. The zero-order valence-corrected chi connectivity index (χ0v) is 14.5. The molecule has 6 nitrogen and oxygen atoms in total.